The van der Waals surface area contributed by atoms with Gasteiger partial charge in [0.1, 0.15) is 5.82 Å². The van der Waals surface area contributed by atoms with Crippen LogP contribution in [0.3, 0.4) is 0 Å². The summed E-state index contributed by atoms with van der Waals surface area (Å²) < 4.78 is 5.64. The van der Waals surface area contributed by atoms with Gasteiger partial charge in [-0.15, -0.1) is 0 Å². The van der Waals surface area contributed by atoms with Gasteiger partial charge < -0.3 is 15.8 Å². The lowest BCUT2D eigenvalue weighted by Gasteiger charge is -2.17. The van der Waals surface area contributed by atoms with Gasteiger partial charge in [0.05, 0.1) is 12.3 Å². The van der Waals surface area contributed by atoms with E-state index >= 15 is 0 Å². The number of nitrogens with zero attached hydrogens (tertiary/aromatic N) is 1. The van der Waals surface area contributed by atoms with Crippen molar-refractivity contribution in [1.29, 1.82) is 0 Å². The smallest absolute Gasteiger partial charge is 0.239 e. The normalized spacial score (nSPS) is 12.8. The summed E-state index contributed by atoms with van der Waals surface area (Å²) in [6.45, 7) is 11.5. The van der Waals surface area contributed by atoms with Gasteiger partial charge in [0.2, 0.25) is 5.88 Å². The Balaban J connectivity index is 2.60. The van der Waals surface area contributed by atoms with Crippen molar-refractivity contribution in [3.05, 3.63) is 12.1 Å². The number of rotatable bonds is 8. The molecule has 0 saturated heterocycles. The van der Waals surface area contributed by atoms with Gasteiger partial charge in [-0.25, -0.2) is 0 Å². The Kier molecular flexibility index (Phi) is 6.62. The average molecular weight is 279 g/mol. The molecule has 4 heteroatoms. The zero-order chi connectivity index (χ0) is 15.1. The second-order valence-electron chi connectivity index (χ2n) is 6.31. The second kappa shape index (κ2) is 7.98. The van der Waals surface area contributed by atoms with Crippen molar-refractivity contribution < 1.29 is 4.74 Å². The van der Waals surface area contributed by atoms with Crippen LogP contribution >= 0.6 is 0 Å². The number of hydrogen-bond acceptors (Lipinski definition) is 4. The van der Waals surface area contributed by atoms with Crippen molar-refractivity contribution in [2.24, 2.45) is 11.8 Å². The van der Waals surface area contributed by atoms with Crippen molar-refractivity contribution in [2.45, 2.75) is 53.5 Å². The molecule has 0 aliphatic carbocycles. The second-order valence-corrected chi connectivity index (χ2v) is 6.31. The van der Waals surface area contributed by atoms with E-state index in [2.05, 4.69) is 44.9 Å². The molecule has 4 nitrogen and oxygen atoms in total. The SMILES string of the molecule is CC(C)CCC(C)Nc1ccc(N)c(OCC(C)C)n1. The maximum absolute atomic E-state index is 5.89. The minimum Gasteiger partial charge on any atom is -0.476 e. The maximum atomic E-state index is 5.89. The summed E-state index contributed by atoms with van der Waals surface area (Å²) >= 11 is 0. The van der Waals surface area contributed by atoms with E-state index in [1.165, 1.54) is 6.42 Å². The van der Waals surface area contributed by atoms with E-state index in [9.17, 15) is 0 Å². The molecule has 0 fully saturated rings. The predicted octanol–water partition coefficient (Wildman–Crippen LogP) is 3.94. The first-order chi connectivity index (χ1) is 9.38. The van der Waals surface area contributed by atoms with E-state index in [0.717, 1.165) is 18.2 Å². The van der Waals surface area contributed by atoms with E-state index in [1.807, 2.05) is 12.1 Å². The van der Waals surface area contributed by atoms with Gasteiger partial charge in [0.25, 0.3) is 0 Å². The maximum Gasteiger partial charge on any atom is 0.239 e. The van der Waals surface area contributed by atoms with Gasteiger partial charge in [-0.05, 0) is 43.7 Å². The van der Waals surface area contributed by atoms with Crippen LogP contribution in [0.1, 0.15) is 47.5 Å². The predicted molar refractivity (Wildman–Crippen MR) is 86.1 cm³/mol. The lowest BCUT2D eigenvalue weighted by molar-refractivity contribution is 0.263. The van der Waals surface area contributed by atoms with Crippen LogP contribution in [0, 0.1) is 11.8 Å². The average Bonchev–Trinajstić information content (AvgIpc) is 2.37. The molecule has 0 radical (unpaired) electrons. The molecule has 114 valence electrons. The van der Waals surface area contributed by atoms with Crippen LogP contribution in [0.15, 0.2) is 12.1 Å². The van der Waals surface area contributed by atoms with E-state index in [0.29, 0.717) is 30.1 Å². The van der Waals surface area contributed by atoms with E-state index in [1.54, 1.807) is 0 Å². The number of ether oxygens (including phenoxy) is 1. The Hall–Kier alpha value is -1.45. The highest BCUT2D eigenvalue weighted by molar-refractivity contribution is 5.53. The molecule has 1 atom stereocenters. The summed E-state index contributed by atoms with van der Waals surface area (Å²) in [6.07, 6.45) is 2.34. The quantitative estimate of drug-likeness (QED) is 0.757. The molecule has 1 unspecified atom stereocenters. The summed E-state index contributed by atoms with van der Waals surface area (Å²) in [5, 5.41) is 3.41. The standard InChI is InChI=1S/C16H29N3O/c1-11(2)6-7-13(5)18-15-9-8-14(17)16(19-15)20-10-12(3)4/h8-9,11-13H,6-7,10,17H2,1-5H3,(H,18,19). The Morgan fingerprint density at radius 2 is 1.80 bits per heavy atom. The topological polar surface area (TPSA) is 60.2 Å². The molecule has 0 aromatic carbocycles. The molecular formula is C16H29N3O. The Morgan fingerprint density at radius 1 is 1.10 bits per heavy atom. The van der Waals surface area contributed by atoms with Crippen molar-refractivity contribution >= 4 is 11.5 Å². The van der Waals surface area contributed by atoms with Gasteiger partial charge >= 0.3 is 0 Å². The van der Waals surface area contributed by atoms with Crippen LogP contribution in [-0.4, -0.2) is 17.6 Å². The first-order valence-electron chi connectivity index (χ1n) is 7.54. The van der Waals surface area contributed by atoms with Crippen LogP contribution in [0.25, 0.3) is 0 Å². The van der Waals surface area contributed by atoms with Crippen molar-refractivity contribution in [1.82, 2.24) is 4.98 Å². The Bertz CT molecular complexity index is 405. The first kappa shape index (κ1) is 16.6. The van der Waals surface area contributed by atoms with Crippen LogP contribution in [-0.2, 0) is 0 Å². The van der Waals surface area contributed by atoms with Crippen LogP contribution in [0.2, 0.25) is 0 Å². The van der Waals surface area contributed by atoms with Crippen molar-refractivity contribution in [2.75, 3.05) is 17.7 Å². The van der Waals surface area contributed by atoms with Crippen LogP contribution in [0.4, 0.5) is 11.5 Å². The molecule has 1 aromatic rings. The minimum absolute atomic E-state index is 0.395. The highest BCUT2D eigenvalue weighted by Gasteiger charge is 2.08. The zero-order valence-electron chi connectivity index (χ0n) is 13.4. The highest BCUT2D eigenvalue weighted by Crippen LogP contribution is 2.22. The Labute approximate surface area is 123 Å². The molecule has 0 bridgehead atoms. The third-order valence-corrected chi connectivity index (χ3v) is 3.01. The fraction of sp³-hybridized carbons (Fsp3) is 0.688. The number of pyridine rings is 1. The molecule has 0 aliphatic heterocycles. The molecule has 0 amide bonds. The molecule has 0 saturated carbocycles. The summed E-state index contributed by atoms with van der Waals surface area (Å²) in [5.41, 5.74) is 6.48. The van der Waals surface area contributed by atoms with Gasteiger partial charge in [0, 0.05) is 6.04 Å². The number of aromatic nitrogens is 1. The summed E-state index contributed by atoms with van der Waals surface area (Å²) in [7, 11) is 0. The molecule has 0 aliphatic rings. The first-order valence-corrected chi connectivity index (χ1v) is 7.54. The van der Waals surface area contributed by atoms with E-state index in [4.69, 9.17) is 10.5 Å². The van der Waals surface area contributed by atoms with Gasteiger partial charge in [-0.2, -0.15) is 4.98 Å². The fourth-order valence-electron chi connectivity index (χ4n) is 1.80. The van der Waals surface area contributed by atoms with Crippen LogP contribution in [0.5, 0.6) is 5.88 Å². The van der Waals surface area contributed by atoms with Gasteiger partial charge in [0.15, 0.2) is 0 Å². The number of anilines is 2. The molecule has 3 N–H and O–H groups in total. The monoisotopic (exact) mass is 279 g/mol. The van der Waals surface area contributed by atoms with Gasteiger partial charge in [-0.3, -0.25) is 0 Å². The Morgan fingerprint density at radius 3 is 2.40 bits per heavy atom. The molecule has 1 rings (SSSR count). The summed E-state index contributed by atoms with van der Waals surface area (Å²) in [6, 6.07) is 4.15. The third kappa shape index (κ3) is 6.13. The minimum atomic E-state index is 0.395. The van der Waals surface area contributed by atoms with E-state index in [-0.39, 0.29) is 0 Å². The summed E-state index contributed by atoms with van der Waals surface area (Å²) in [4.78, 5) is 4.45. The van der Waals surface area contributed by atoms with E-state index < -0.39 is 0 Å². The lowest BCUT2D eigenvalue weighted by atomic mass is 10.0. The molecule has 1 aromatic heterocycles. The summed E-state index contributed by atoms with van der Waals surface area (Å²) in [5.74, 6) is 2.54. The number of nitrogens with one attached hydrogen (secondary N) is 1. The number of hydrogen-bond donors (Lipinski definition) is 2. The highest BCUT2D eigenvalue weighted by atomic mass is 16.5. The largest absolute Gasteiger partial charge is 0.476 e. The number of nitrogen functional groups attached to an aromatic ring is 1. The molecule has 0 spiro atoms. The van der Waals surface area contributed by atoms with Crippen molar-refractivity contribution in [3.8, 4) is 5.88 Å². The molecular weight excluding hydrogens is 250 g/mol. The molecule has 1 heterocycles. The third-order valence-electron chi connectivity index (χ3n) is 3.01. The van der Waals surface area contributed by atoms with Crippen LogP contribution < -0.4 is 15.8 Å². The molecule has 20 heavy (non-hydrogen) atoms. The van der Waals surface area contributed by atoms with Crippen molar-refractivity contribution in [3.63, 3.8) is 0 Å². The number of nitrogens with two attached hydrogens (primary N) is 1. The van der Waals surface area contributed by atoms with Gasteiger partial charge in [-0.1, -0.05) is 27.7 Å². The zero-order valence-corrected chi connectivity index (χ0v) is 13.4. The fourth-order valence-corrected chi connectivity index (χ4v) is 1.80. The lowest BCUT2D eigenvalue weighted by Crippen LogP contribution is -2.17.